The lowest BCUT2D eigenvalue weighted by Crippen LogP contribution is -2.44. The molecule has 1 fully saturated rings. The first kappa shape index (κ1) is 24.8. The Labute approximate surface area is 199 Å². The van der Waals surface area contributed by atoms with Crippen LogP contribution < -0.4 is 10.1 Å². The zero-order chi connectivity index (χ0) is 23.3. The molecule has 0 saturated carbocycles. The van der Waals surface area contributed by atoms with Gasteiger partial charge < -0.3 is 10.1 Å². The van der Waals surface area contributed by atoms with Crippen molar-refractivity contribution in [2.24, 2.45) is 5.92 Å². The molecule has 1 amide bonds. The van der Waals surface area contributed by atoms with Gasteiger partial charge in [-0.25, -0.2) is 12.7 Å². The van der Waals surface area contributed by atoms with E-state index in [2.05, 4.69) is 5.32 Å². The van der Waals surface area contributed by atoms with Crippen molar-refractivity contribution < 1.29 is 17.9 Å². The minimum Gasteiger partial charge on any atom is -0.497 e. The Morgan fingerprint density at radius 3 is 2.34 bits per heavy atom. The predicted octanol–water partition coefficient (Wildman–Crippen LogP) is 4.81. The van der Waals surface area contributed by atoms with Crippen LogP contribution in [0, 0.1) is 5.92 Å². The molecule has 0 bridgehead atoms. The number of hydrogen-bond acceptors (Lipinski definition) is 4. The van der Waals surface area contributed by atoms with Crippen LogP contribution in [0.1, 0.15) is 43.4 Å². The number of nitrogens with one attached hydrogen (secondary N) is 1. The summed E-state index contributed by atoms with van der Waals surface area (Å²) in [6, 6.07) is 12.4. The van der Waals surface area contributed by atoms with Crippen LogP contribution in [0.3, 0.4) is 0 Å². The number of amides is 1. The molecule has 32 heavy (non-hydrogen) atoms. The van der Waals surface area contributed by atoms with Gasteiger partial charge in [0.15, 0.2) is 0 Å². The smallest absolute Gasteiger partial charge is 0.223 e. The van der Waals surface area contributed by atoms with E-state index in [9.17, 15) is 13.2 Å². The molecule has 1 heterocycles. The third-order valence-electron chi connectivity index (χ3n) is 5.79. The van der Waals surface area contributed by atoms with Crippen LogP contribution in [0.5, 0.6) is 5.75 Å². The monoisotopic (exact) mass is 498 g/mol. The highest BCUT2D eigenvalue weighted by Crippen LogP contribution is 2.27. The van der Waals surface area contributed by atoms with Crippen molar-refractivity contribution in [3.8, 4) is 5.75 Å². The molecule has 2 aromatic carbocycles. The van der Waals surface area contributed by atoms with E-state index in [0.29, 0.717) is 41.5 Å². The highest BCUT2D eigenvalue weighted by atomic mass is 35.5. The van der Waals surface area contributed by atoms with Gasteiger partial charge in [-0.2, -0.15) is 0 Å². The Morgan fingerprint density at radius 1 is 1.12 bits per heavy atom. The summed E-state index contributed by atoms with van der Waals surface area (Å²) in [6.07, 6.45) is 1.74. The summed E-state index contributed by atoms with van der Waals surface area (Å²) in [4.78, 5) is 12.8. The number of rotatable bonds is 8. The summed E-state index contributed by atoms with van der Waals surface area (Å²) in [5.41, 5.74) is 1.60. The Hall–Kier alpha value is -1.80. The molecule has 174 valence electrons. The third kappa shape index (κ3) is 6.16. The van der Waals surface area contributed by atoms with Crippen LogP contribution >= 0.6 is 23.2 Å². The van der Waals surface area contributed by atoms with Gasteiger partial charge in [-0.3, -0.25) is 4.79 Å². The van der Waals surface area contributed by atoms with Crippen LogP contribution in [-0.4, -0.2) is 38.8 Å². The van der Waals surface area contributed by atoms with E-state index in [1.807, 2.05) is 31.2 Å². The molecule has 1 aliphatic rings. The largest absolute Gasteiger partial charge is 0.497 e. The summed E-state index contributed by atoms with van der Waals surface area (Å²) < 4.78 is 32.3. The lowest BCUT2D eigenvalue weighted by atomic mass is 9.95. The molecule has 0 aliphatic carbocycles. The van der Waals surface area contributed by atoms with Crippen molar-refractivity contribution in [2.45, 2.75) is 38.0 Å². The summed E-state index contributed by atoms with van der Waals surface area (Å²) >= 11 is 11.9. The van der Waals surface area contributed by atoms with Gasteiger partial charge in [-0.05, 0) is 54.7 Å². The average Bonchev–Trinajstić information content (AvgIpc) is 2.79. The molecule has 0 spiro atoms. The van der Waals surface area contributed by atoms with E-state index in [4.69, 9.17) is 27.9 Å². The SMILES string of the molecule is CCC(NC(=O)C1CCN(S(=O)(=O)Cc2ccc(Cl)c(Cl)c2)CC1)c1ccc(OC)cc1. The molecule has 0 radical (unpaired) electrons. The number of halogens is 2. The van der Waals surface area contributed by atoms with E-state index in [0.717, 1.165) is 17.7 Å². The molecule has 1 atom stereocenters. The zero-order valence-corrected chi connectivity index (χ0v) is 20.5. The van der Waals surface area contributed by atoms with Crippen molar-refractivity contribution in [2.75, 3.05) is 20.2 Å². The van der Waals surface area contributed by atoms with Crippen LogP contribution in [-0.2, 0) is 20.6 Å². The number of benzene rings is 2. The highest BCUT2D eigenvalue weighted by molar-refractivity contribution is 7.88. The molecule has 6 nitrogen and oxygen atoms in total. The number of piperidine rings is 1. The van der Waals surface area contributed by atoms with Gasteiger partial charge in [-0.15, -0.1) is 0 Å². The van der Waals surface area contributed by atoms with Gasteiger partial charge in [0.2, 0.25) is 15.9 Å². The second-order valence-electron chi connectivity index (χ2n) is 7.92. The van der Waals surface area contributed by atoms with Crippen molar-refractivity contribution >= 4 is 39.1 Å². The minimum atomic E-state index is -3.50. The van der Waals surface area contributed by atoms with Gasteiger partial charge in [0.1, 0.15) is 5.75 Å². The molecule has 3 rings (SSSR count). The average molecular weight is 499 g/mol. The summed E-state index contributed by atoms with van der Waals surface area (Å²) in [5.74, 6) is 0.383. The van der Waals surface area contributed by atoms with E-state index in [-0.39, 0.29) is 23.6 Å². The van der Waals surface area contributed by atoms with E-state index in [1.165, 1.54) is 4.31 Å². The quantitative estimate of drug-likeness (QED) is 0.566. The van der Waals surface area contributed by atoms with Crippen LogP contribution in [0.4, 0.5) is 0 Å². The van der Waals surface area contributed by atoms with E-state index >= 15 is 0 Å². The summed E-state index contributed by atoms with van der Waals surface area (Å²) in [6.45, 7) is 2.66. The topological polar surface area (TPSA) is 75.7 Å². The lowest BCUT2D eigenvalue weighted by Gasteiger charge is -2.31. The molecule has 1 saturated heterocycles. The van der Waals surface area contributed by atoms with Crippen molar-refractivity contribution in [3.63, 3.8) is 0 Å². The van der Waals surface area contributed by atoms with Crippen LogP contribution in [0.2, 0.25) is 10.0 Å². The summed E-state index contributed by atoms with van der Waals surface area (Å²) in [5, 5.41) is 3.84. The first-order chi connectivity index (χ1) is 15.2. The Morgan fingerprint density at radius 2 is 1.78 bits per heavy atom. The van der Waals surface area contributed by atoms with Gasteiger partial charge in [0.05, 0.1) is 28.9 Å². The lowest BCUT2D eigenvalue weighted by molar-refractivity contribution is -0.126. The number of nitrogens with zero attached hydrogens (tertiary/aromatic N) is 1. The number of carbonyl (C=O) groups is 1. The molecule has 1 N–H and O–H groups in total. The van der Waals surface area contributed by atoms with Crippen molar-refractivity contribution in [1.82, 2.24) is 9.62 Å². The highest BCUT2D eigenvalue weighted by Gasteiger charge is 2.32. The maximum absolute atomic E-state index is 12.8. The standard InChI is InChI=1S/C23H28Cl2N2O4S/c1-3-22(17-5-7-19(31-2)8-6-17)26-23(28)18-10-12-27(13-11-18)32(29,30)15-16-4-9-20(24)21(25)14-16/h4-9,14,18,22H,3,10-13,15H2,1-2H3,(H,26,28). The Balaban J connectivity index is 1.56. The minimum absolute atomic E-state index is 0.0331. The van der Waals surface area contributed by atoms with Gasteiger partial charge >= 0.3 is 0 Å². The molecule has 1 aliphatic heterocycles. The normalized spacial score (nSPS) is 16.5. The van der Waals surface area contributed by atoms with Crippen LogP contribution in [0.25, 0.3) is 0 Å². The zero-order valence-electron chi connectivity index (χ0n) is 18.2. The molecule has 9 heteroatoms. The predicted molar refractivity (Wildman–Crippen MR) is 128 cm³/mol. The number of hydrogen-bond donors (Lipinski definition) is 1. The van der Waals surface area contributed by atoms with Gasteiger partial charge in [0, 0.05) is 19.0 Å². The van der Waals surface area contributed by atoms with Gasteiger partial charge in [-0.1, -0.05) is 48.3 Å². The fraction of sp³-hybridized carbons (Fsp3) is 0.435. The molecule has 1 unspecified atom stereocenters. The first-order valence-corrected chi connectivity index (χ1v) is 13.0. The summed E-state index contributed by atoms with van der Waals surface area (Å²) in [7, 11) is -1.89. The van der Waals surface area contributed by atoms with E-state index < -0.39 is 10.0 Å². The number of sulfonamides is 1. The maximum atomic E-state index is 12.8. The third-order valence-corrected chi connectivity index (χ3v) is 8.38. The van der Waals surface area contributed by atoms with Crippen molar-refractivity contribution in [1.29, 1.82) is 0 Å². The maximum Gasteiger partial charge on any atom is 0.223 e. The Bertz CT molecular complexity index is 1040. The fourth-order valence-corrected chi connectivity index (χ4v) is 5.75. The first-order valence-electron chi connectivity index (χ1n) is 10.6. The molecular weight excluding hydrogens is 471 g/mol. The number of methoxy groups -OCH3 is 1. The molecule has 2 aromatic rings. The molecular formula is C23H28Cl2N2O4S. The fourth-order valence-electron chi connectivity index (χ4n) is 3.87. The van der Waals surface area contributed by atoms with Crippen molar-refractivity contribution in [3.05, 3.63) is 63.6 Å². The van der Waals surface area contributed by atoms with Gasteiger partial charge in [0.25, 0.3) is 0 Å². The second kappa shape index (κ2) is 10.9. The number of ether oxygens (including phenoxy) is 1. The second-order valence-corrected chi connectivity index (χ2v) is 10.7. The van der Waals surface area contributed by atoms with Crippen LogP contribution in [0.15, 0.2) is 42.5 Å². The molecule has 0 aromatic heterocycles. The number of carbonyl (C=O) groups excluding carboxylic acids is 1. The Kier molecular flexibility index (Phi) is 8.44. The van der Waals surface area contributed by atoms with E-state index in [1.54, 1.807) is 25.3 Å².